The van der Waals surface area contributed by atoms with Gasteiger partial charge in [-0.3, -0.25) is 4.79 Å². The third-order valence-corrected chi connectivity index (χ3v) is 3.37. The number of anilines is 1. The minimum atomic E-state index is -5.96. The lowest BCUT2D eigenvalue weighted by Crippen LogP contribution is -2.50. The second-order valence-corrected chi connectivity index (χ2v) is 5.35. The van der Waals surface area contributed by atoms with Crippen LogP contribution in [0.4, 0.5) is 40.8 Å². The Kier molecular flexibility index (Phi) is 5.85. The Hall–Kier alpha value is -2.86. The van der Waals surface area contributed by atoms with Crippen LogP contribution in [-0.4, -0.2) is 34.1 Å². The first-order chi connectivity index (χ1) is 12.9. The third-order valence-electron chi connectivity index (χ3n) is 3.37. The standard InChI is InChI=1S/C15H11F8N3O2/c1-26-12(28-15(22,23)14(20,21)13(18)19)8(9(25-26)10(16)17)11(27)24-7-5-3-2-4-6-7/h2-6,10,13H,1H3,(H,24,27). The molecule has 5 nitrogen and oxygen atoms in total. The van der Waals surface area contributed by atoms with Gasteiger partial charge in [-0.15, -0.1) is 0 Å². The number of benzene rings is 1. The third kappa shape index (κ3) is 4.02. The van der Waals surface area contributed by atoms with Crippen molar-refractivity contribution in [2.24, 2.45) is 7.05 Å². The zero-order chi connectivity index (χ0) is 21.3. The number of hydrogen-bond acceptors (Lipinski definition) is 3. The van der Waals surface area contributed by atoms with Crippen molar-refractivity contribution in [3.63, 3.8) is 0 Å². The molecule has 0 aliphatic heterocycles. The normalized spacial score (nSPS) is 12.5. The monoisotopic (exact) mass is 417 g/mol. The van der Waals surface area contributed by atoms with Gasteiger partial charge in [0, 0.05) is 12.7 Å². The Bertz CT molecular complexity index is 839. The number of amides is 1. The summed E-state index contributed by atoms with van der Waals surface area (Å²) in [6.45, 7) is 0. The van der Waals surface area contributed by atoms with E-state index in [1.807, 2.05) is 0 Å². The molecule has 0 atom stereocenters. The number of nitrogens with one attached hydrogen (secondary N) is 1. The summed E-state index contributed by atoms with van der Waals surface area (Å²) in [5.74, 6) is -8.94. The highest BCUT2D eigenvalue weighted by Gasteiger charge is 2.66. The maximum absolute atomic E-state index is 13.6. The number of rotatable bonds is 7. The molecule has 2 aromatic rings. The number of nitrogens with zero attached hydrogens (tertiary/aromatic N) is 2. The van der Waals surface area contributed by atoms with E-state index in [1.165, 1.54) is 24.3 Å². The SMILES string of the molecule is Cn1nc(C(F)F)c(C(=O)Nc2ccccc2)c1OC(F)(F)C(F)(F)C(F)F. The second kappa shape index (κ2) is 7.64. The van der Waals surface area contributed by atoms with E-state index in [0.29, 0.717) is 0 Å². The molecule has 0 spiro atoms. The first-order valence-electron chi connectivity index (χ1n) is 7.32. The van der Waals surface area contributed by atoms with Crippen molar-refractivity contribution in [1.82, 2.24) is 9.78 Å². The van der Waals surface area contributed by atoms with Gasteiger partial charge in [0.15, 0.2) is 0 Å². The lowest BCUT2D eigenvalue weighted by Gasteiger charge is -2.25. The molecule has 0 fully saturated rings. The van der Waals surface area contributed by atoms with E-state index in [9.17, 15) is 39.9 Å². The van der Waals surface area contributed by atoms with E-state index in [2.05, 4.69) is 15.2 Å². The number of alkyl halides is 8. The molecule has 0 saturated carbocycles. The molecule has 0 bridgehead atoms. The van der Waals surface area contributed by atoms with E-state index in [4.69, 9.17) is 0 Å². The maximum atomic E-state index is 13.6. The summed E-state index contributed by atoms with van der Waals surface area (Å²) in [6.07, 6.45) is -14.1. The van der Waals surface area contributed by atoms with Gasteiger partial charge in [0.1, 0.15) is 11.3 Å². The minimum absolute atomic E-state index is 0.0483. The highest BCUT2D eigenvalue weighted by molar-refractivity contribution is 6.06. The number of carbonyl (C=O) groups is 1. The van der Waals surface area contributed by atoms with Crippen LogP contribution in [0.5, 0.6) is 5.88 Å². The topological polar surface area (TPSA) is 56.2 Å². The maximum Gasteiger partial charge on any atom is 0.471 e. The van der Waals surface area contributed by atoms with Crippen LogP contribution >= 0.6 is 0 Å². The molecule has 0 unspecified atom stereocenters. The molecular weight excluding hydrogens is 406 g/mol. The summed E-state index contributed by atoms with van der Waals surface area (Å²) in [5.41, 5.74) is -2.61. The Morgan fingerprint density at radius 2 is 1.68 bits per heavy atom. The average Bonchev–Trinajstić information content (AvgIpc) is 2.92. The molecule has 28 heavy (non-hydrogen) atoms. The number of para-hydroxylation sites is 1. The van der Waals surface area contributed by atoms with Gasteiger partial charge in [-0.1, -0.05) is 18.2 Å². The molecule has 0 aliphatic carbocycles. The van der Waals surface area contributed by atoms with Crippen LogP contribution in [0.2, 0.25) is 0 Å². The molecule has 2 rings (SSSR count). The summed E-state index contributed by atoms with van der Waals surface area (Å²) < 4.78 is 108. The Balaban J connectivity index is 2.49. The molecule has 0 aliphatic rings. The fourth-order valence-electron chi connectivity index (χ4n) is 2.04. The molecule has 1 N–H and O–H groups in total. The van der Waals surface area contributed by atoms with Crippen LogP contribution in [0, 0.1) is 0 Å². The van der Waals surface area contributed by atoms with Crippen molar-refractivity contribution < 1.29 is 44.7 Å². The average molecular weight is 417 g/mol. The van der Waals surface area contributed by atoms with Gasteiger partial charge in [-0.2, -0.15) is 22.7 Å². The molecule has 1 aromatic carbocycles. The summed E-state index contributed by atoms with van der Waals surface area (Å²) in [6, 6.07) is 7.07. The van der Waals surface area contributed by atoms with Crippen LogP contribution in [-0.2, 0) is 7.05 Å². The molecule has 0 saturated heterocycles. The quantitative estimate of drug-likeness (QED) is 0.676. The van der Waals surface area contributed by atoms with Crippen molar-refractivity contribution >= 4 is 11.6 Å². The van der Waals surface area contributed by atoms with Crippen LogP contribution in [0.15, 0.2) is 30.3 Å². The first kappa shape index (κ1) is 21.4. The van der Waals surface area contributed by atoms with E-state index in [-0.39, 0.29) is 10.4 Å². The van der Waals surface area contributed by atoms with Crippen molar-refractivity contribution in [3.05, 3.63) is 41.6 Å². The molecular formula is C15H11F8N3O2. The van der Waals surface area contributed by atoms with Gasteiger partial charge in [0.05, 0.1) is 0 Å². The van der Waals surface area contributed by atoms with Gasteiger partial charge in [-0.25, -0.2) is 22.2 Å². The molecule has 154 valence electrons. The highest BCUT2D eigenvalue weighted by atomic mass is 19.3. The van der Waals surface area contributed by atoms with Crippen LogP contribution in [0.3, 0.4) is 0 Å². The Morgan fingerprint density at radius 3 is 2.18 bits per heavy atom. The summed E-state index contributed by atoms with van der Waals surface area (Å²) in [4.78, 5) is 12.3. The van der Waals surface area contributed by atoms with E-state index in [0.717, 1.165) is 7.05 Å². The largest absolute Gasteiger partial charge is 0.471 e. The number of aromatic nitrogens is 2. The number of ether oxygens (including phenoxy) is 1. The van der Waals surface area contributed by atoms with Crippen molar-refractivity contribution in [1.29, 1.82) is 0 Å². The molecule has 0 radical (unpaired) electrons. The number of halogens is 8. The lowest BCUT2D eigenvalue weighted by molar-refractivity contribution is -0.343. The predicted octanol–water partition coefficient (Wildman–Crippen LogP) is 4.48. The molecule has 13 heteroatoms. The van der Waals surface area contributed by atoms with Gasteiger partial charge < -0.3 is 10.1 Å². The van der Waals surface area contributed by atoms with Crippen LogP contribution < -0.4 is 10.1 Å². The van der Waals surface area contributed by atoms with Crippen molar-refractivity contribution in [3.8, 4) is 5.88 Å². The fourth-order valence-corrected chi connectivity index (χ4v) is 2.04. The second-order valence-electron chi connectivity index (χ2n) is 5.35. The fraction of sp³-hybridized carbons (Fsp3) is 0.333. The van der Waals surface area contributed by atoms with Crippen molar-refractivity contribution in [2.75, 3.05) is 5.32 Å². The zero-order valence-corrected chi connectivity index (χ0v) is 13.8. The molecule has 1 amide bonds. The van der Waals surface area contributed by atoms with Gasteiger partial charge in [0.2, 0.25) is 5.88 Å². The summed E-state index contributed by atoms with van der Waals surface area (Å²) >= 11 is 0. The Labute approximate surface area is 151 Å². The highest BCUT2D eigenvalue weighted by Crippen LogP contribution is 2.42. The smallest absolute Gasteiger partial charge is 0.409 e. The number of aryl methyl sites for hydroxylation is 1. The predicted molar refractivity (Wildman–Crippen MR) is 79.1 cm³/mol. The van der Waals surface area contributed by atoms with E-state index in [1.54, 1.807) is 6.07 Å². The van der Waals surface area contributed by atoms with E-state index < -0.39 is 47.9 Å². The number of hydrogen-bond donors (Lipinski definition) is 1. The van der Waals surface area contributed by atoms with Gasteiger partial charge in [-0.05, 0) is 12.1 Å². The van der Waals surface area contributed by atoms with Gasteiger partial charge in [0.25, 0.3) is 12.3 Å². The first-order valence-corrected chi connectivity index (χ1v) is 7.32. The van der Waals surface area contributed by atoms with Crippen LogP contribution in [0.1, 0.15) is 22.5 Å². The van der Waals surface area contributed by atoms with Crippen molar-refractivity contribution in [2.45, 2.75) is 24.9 Å². The summed E-state index contributed by atoms with van der Waals surface area (Å²) in [7, 11) is 0.733. The summed E-state index contributed by atoms with van der Waals surface area (Å²) in [5, 5.41) is 5.17. The Morgan fingerprint density at radius 1 is 1.11 bits per heavy atom. The molecule has 1 aromatic heterocycles. The number of carbonyl (C=O) groups excluding carboxylic acids is 1. The van der Waals surface area contributed by atoms with Gasteiger partial charge >= 0.3 is 18.5 Å². The zero-order valence-electron chi connectivity index (χ0n) is 13.8. The lowest BCUT2D eigenvalue weighted by atomic mass is 10.2. The van der Waals surface area contributed by atoms with Crippen LogP contribution in [0.25, 0.3) is 0 Å². The minimum Gasteiger partial charge on any atom is -0.409 e. The molecule has 1 heterocycles. The van der Waals surface area contributed by atoms with E-state index >= 15 is 0 Å².